The molecule has 0 aliphatic heterocycles. The standard InChI is InChI=1S/C44H32/c1-5-31-32(6-2)42(28-27-38(31)37-25-15-19-29-17-9-11-21-35(29)37)44-34(8-4)33(7-3)43(40-23-13-14-24-41(40)44)39-26-16-20-30-18-10-12-22-36(30)39/h5-28H,1-4H2. The lowest BCUT2D eigenvalue weighted by molar-refractivity contribution is 1.55. The number of hydrogen-bond donors (Lipinski definition) is 0. The monoisotopic (exact) mass is 560 g/mol. The SMILES string of the molecule is C=Cc1c(-c2cccc3ccccc23)ccc(-c2c(C=C)c(C=C)c(-c3cccc4ccccc34)c3ccccc23)c1C=C. The van der Waals surface area contributed by atoms with Crippen molar-refractivity contribution >= 4 is 56.6 Å². The summed E-state index contributed by atoms with van der Waals surface area (Å²) in [5, 5.41) is 7.18. The summed E-state index contributed by atoms with van der Waals surface area (Å²) in [7, 11) is 0. The highest BCUT2D eigenvalue weighted by Crippen LogP contribution is 2.47. The molecule has 0 unspecified atom stereocenters. The van der Waals surface area contributed by atoms with E-state index < -0.39 is 0 Å². The fourth-order valence-corrected chi connectivity index (χ4v) is 6.92. The Bertz CT molecular complexity index is 2280. The van der Waals surface area contributed by atoms with E-state index in [2.05, 4.69) is 148 Å². The van der Waals surface area contributed by atoms with Gasteiger partial charge >= 0.3 is 0 Å². The molecule has 0 saturated carbocycles. The highest BCUT2D eigenvalue weighted by atomic mass is 14.3. The van der Waals surface area contributed by atoms with Crippen LogP contribution in [0.15, 0.2) is 148 Å². The number of rotatable bonds is 7. The van der Waals surface area contributed by atoms with Crippen LogP contribution in [0.25, 0.3) is 90.0 Å². The molecule has 0 saturated heterocycles. The normalized spacial score (nSPS) is 11.1. The highest BCUT2D eigenvalue weighted by Gasteiger charge is 2.22. The van der Waals surface area contributed by atoms with Crippen LogP contribution in [0.5, 0.6) is 0 Å². The molecule has 0 fully saturated rings. The Morgan fingerprint density at radius 3 is 1.23 bits per heavy atom. The van der Waals surface area contributed by atoms with E-state index in [1.807, 2.05) is 24.3 Å². The van der Waals surface area contributed by atoms with Crippen LogP contribution in [-0.2, 0) is 0 Å². The van der Waals surface area contributed by atoms with Crippen molar-refractivity contribution in [1.82, 2.24) is 0 Å². The summed E-state index contributed by atoms with van der Waals surface area (Å²) >= 11 is 0. The summed E-state index contributed by atoms with van der Waals surface area (Å²) in [5.74, 6) is 0. The smallest absolute Gasteiger partial charge is 0.00203 e. The van der Waals surface area contributed by atoms with Crippen LogP contribution in [-0.4, -0.2) is 0 Å². The van der Waals surface area contributed by atoms with Crippen molar-refractivity contribution in [3.8, 4) is 33.4 Å². The van der Waals surface area contributed by atoms with Gasteiger partial charge in [0.2, 0.25) is 0 Å². The van der Waals surface area contributed by atoms with Gasteiger partial charge in [-0.05, 0) is 88.0 Å². The van der Waals surface area contributed by atoms with Gasteiger partial charge in [-0.25, -0.2) is 0 Å². The van der Waals surface area contributed by atoms with Crippen molar-refractivity contribution in [2.24, 2.45) is 0 Å². The van der Waals surface area contributed by atoms with E-state index in [-0.39, 0.29) is 0 Å². The molecule has 0 aromatic heterocycles. The molecule has 0 radical (unpaired) electrons. The molecule has 0 N–H and O–H groups in total. The van der Waals surface area contributed by atoms with E-state index in [9.17, 15) is 0 Å². The topological polar surface area (TPSA) is 0 Å². The van der Waals surface area contributed by atoms with Gasteiger partial charge in [0.05, 0.1) is 0 Å². The second-order valence-corrected chi connectivity index (χ2v) is 11.0. The van der Waals surface area contributed by atoms with Gasteiger partial charge in [-0.1, -0.05) is 172 Å². The molecule has 208 valence electrons. The second-order valence-electron chi connectivity index (χ2n) is 11.0. The third-order valence-electron chi connectivity index (χ3n) is 8.81. The molecular formula is C44H32. The summed E-state index contributed by atoms with van der Waals surface area (Å²) in [5.41, 5.74) is 11.1. The molecule has 0 spiro atoms. The van der Waals surface area contributed by atoms with Gasteiger partial charge in [-0.2, -0.15) is 0 Å². The first-order valence-electron chi connectivity index (χ1n) is 14.9. The summed E-state index contributed by atoms with van der Waals surface area (Å²) in [4.78, 5) is 0. The van der Waals surface area contributed by atoms with Gasteiger partial charge in [0.15, 0.2) is 0 Å². The number of benzene rings is 7. The lowest BCUT2D eigenvalue weighted by atomic mass is 9.80. The zero-order valence-electron chi connectivity index (χ0n) is 24.7. The molecule has 7 rings (SSSR count). The highest BCUT2D eigenvalue weighted by molar-refractivity contribution is 6.16. The van der Waals surface area contributed by atoms with Crippen LogP contribution in [0.1, 0.15) is 22.3 Å². The summed E-state index contributed by atoms with van der Waals surface area (Å²) in [6, 6.07) is 43.2. The van der Waals surface area contributed by atoms with Gasteiger partial charge in [-0.15, -0.1) is 0 Å². The Labute approximate surface area is 259 Å². The minimum Gasteiger partial charge on any atom is -0.0984 e. The number of hydrogen-bond acceptors (Lipinski definition) is 0. The van der Waals surface area contributed by atoms with E-state index >= 15 is 0 Å². The lowest BCUT2D eigenvalue weighted by Gasteiger charge is -2.23. The maximum atomic E-state index is 4.33. The van der Waals surface area contributed by atoms with Crippen LogP contribution in [0.3, 0.4) is 0 Å². The molecule has 0 heterocycles. The van der Waals surface area contributed by atoms with Crippen LogP contribution < -0.4 is 0 Å². The fraction of sp³-hybridized carbons (Fsp3) is 0. The molecule has 0 atom stereocenters. The van der Waals surface area contributed by atoms with Gasteiger partial charge in [-0.3, -0.25) is 0 Å². The van der Waals surface area contributed by atoms with Crippen molar-refractivity contribution < 1.29 is 0 Å². The fourth-order valence-electron chi connectivity index (χ4n) is 6.92. The van der Waals surface area contributed by atoms with E-state index in [0.29, 0.717) is 0 Å². The van der Waals surface area contributed by atoms with Crippen molar-refractivity contribution in [3.63, 3.8) is 0 Å². The summed E-state index contributed by atoms with van der Waals surface area (Å²) < 4.78 is 0. The van der Waals surface area contributed by atoms with Crippen LogP contribution in [0.2, 0.25) is 0 Å². The van der Waals surface area contributed by atoms with Gasteiger partial charge in [0.1, 0.15) is 0 Å². The van der Waals surface area contributed by atoms with Gasteiger partial charge in [0.25, 0.3) is 0 Å². The molecule has 0 aliphatic carbocycles. The lowest BCUT2D eigenvalue weighted by Crippen LogP contribution is -1.99. The summed E-state index contributed by atoms with van der Waals surface area (Å²) in [6.45, 7) is 17.2. The Morgan fingerprint density at radius 1 is 0.295 bits per heavy atom. The second kappa shape index (κ2) is 11.2. The van der Waals surface area contributed by atoms with Crippen LogP contribution in [0, 0.1) is 0 Å². The molecule has 44 heavy (non-hydrogen) atoms. The molecule has 0 heteroatoms. The average molecular weight is 561 g/mol. The average Bonchev–Trinajstić information content (AvgIpc) is 3.09. The Hall–Kier alpha value is -5.72. The molecule has 7 aromatic carbocycles. The molecule has 0 amide bonds. The summed E-state index contributed by atoms with van der Waals surface area (Å²) in [6.07, 6.45) is 7.89. The minimum atomic E-state index is 1.05. The molecule has 0 aliphatic rings. The first-order valence-corrected chi connectivity index (χ1v) is 14.9. The van der Waals surface area contributed by atoms with Crippen molar-refractivity contribution in [1.29, 1.82) is 0 Å². The molecule has 0 nitrogen and oxygen atoms in total. The molecule has 0 bridgehead atoms. The largest absolute Gasteiger partial charge is 0.0984 e. The zero-order chi connectivity index (χ0) is 30.2. The predicted molar refractivity (Wildman–Crippen MR) is 196 cm³/mol. The van der Waals surface area contributed by atoms with Gasteiger partial charge in [0, 0.05) is 0 Å². The van der Waals surface area contributed by atoms with Crippen molar-refractivity contribution in [2.75, 3.05) is 0 Å². The molecular weight excluding hydrogens is 528 g/mol. The quantitative estimate of drug-likeness (QED) is 0.182. The minimum absolute atomic E-state index is 1.05. The van der Waals surface area contributed by atoms with Gasteiger partial charge < -0.3 is 0 Å². The van der Waals surface area contributed by atoms with Crippen LogP contribution in [0.4, 0.5) is 0 Å². The third-order valence-corrected chi connectivity index (χ3v) is 8.81. The third kappa shape index (κ3) is 4.15. The van der Waals surface area contributed by atoms with E-state index in [1.165, 1.54) is 43.6 Å². The zero-order valence-corrected chi connectivity index (χ0v) is 24.7. The van der Waals surface area contributed by atoms with E-state index in [4.69, 9.17) is 0 Å². The Morgan fingerprint density at radius 2 is 0.682 bits per heavy atom. The first kappa shape index (κ1) is 27.1. The molecule has 7 aromatic rings. The maximum Gasteiger partial charge on any atom is -0.00203 e. The van der Waals surface area contributed by atoms with E-state index in [0.717, 1.165) is 44.3 Å². The predicted octanol–water partition coefficient (Wildman–Crippen LogP) is 12.7. The Balaban J connectivity index is 1.58. The Kier molecular flexibility index (Phi) is 6.89. The van der Waals surface area contributed by atoms with E-state index in [1.54, 1.807) is 0 Å². The van der Waals surface area contributed by atoms with Crippen molar-refractivity contribution in [2.45, 2.75) is 0 Å². The van der Waals surface area contributed by atoms with Crippen molar-refractivity contribution in [3.05, 3.63) is 170 Å². The number of fused-ring (bicyclic) bond motifs is 3. The van der Waals surface area contributed by atoms with Crippen LogP contribution >= 0.6 is 0 Å². The first-order chi connectivity index (χ1) is 21.7. The maximum absolute atomic E-state index is 4.33.